The van der Waals surface area contributed by atoms with Crippen LogP contribution in [0.2, 0.25) is 0 Å². The molecule has 6 heteroatoms. The molecule has 6 nitrogen and oxygen atoms in total. The lowest BCUT2D eigenvalue weighted by atomic mass is 9.89. The fourth-order valence-corrected chi connectivity index (χ4v) is 4.05. The van der Waals surface area contributed by atoms with Crippen LogP contribution in [-0.4, -0.2) is 22.0 Å². The monoisotopic (exact) mass is 460 g/mol. The molecule has 1 atom stereocenters. The second-order valence-electron chi connectivity index (χ2n) is 9.02. The summed E-state index contributed by atoms with van der Waals surface area (Å²) in [6.07, 6.45) is 0.186. The van der Waals surface area contributed by atoms with Gasteiger partial charge in [-0.15, -0.1) is 0 Å². The summed E-state index contributed by atoms with van der Waals surface area (Å²) in [4.78, 5) is 29.4. The molecule has 3 rings (SSSR count). The van der Waals surface area contributed by atoms with Crippen molar-refractivity contribution in [2.45, 2.75) is 53.7 Å². The quantitative estimate of drug-likeness (QED) is 0.422. The van der Waals surface area contributed by atoms with Crippen LogP contribution in [0, 0.1) is 19.8 Å². The number of esters is 1. The van der Waals surface area contributed by atoms with Gasteiger partial charge < -0.3 is 15.6 Å². The van der Waals surface area contributed by atoms with E-state index in [1.54, 1.807) is 19.1 Å². The fraction of sp³-hybridized carbons (Fsp3) is 0.321. The number of hydrogen-bond acceptors (Lipinski definition) is 5. The van der Waals surface area contributed by atoms with Crippen LogP contribution in [0.25, 0.3) is 11.1 Å². The van der Waals surface area contributed by atoms with Crippen molar-refractivity contribution in [2.24, 2.45) is 11.7 Å². The number of carboxylic acid groups (broad SMARTS) is 1. The summed E-state index contributed by atoms with van der Waals surface area (Å²) in [6, 6.07) is 14.3. The van der Waals surface area contributed by atoms with E-state index in [1.165, 1.54) is 12.1 Å². The molecule has 0 aliphatic carbocycles. The Labute approximate surface area is 200 Å². The number of aryl methyl sites for hydroxylation is 2. The number of carbonyl (C=O) groups excluding carboxylic acids is 1. The number of aromatic carboxylic acids is 1. The van der Waals surface area contributed by atoms with Crippen molar-refractivity contribution in [2.75, 3.05) is 0 Å². The van der Waals surface area contributed by atoms with Gasteiger partial charge in [-0.05, 0) is 61.9 Å². The van der Waals surface area contributed by atoms with E-state index in [2.05, 4.69) is 13.8 Å². The van der Waals surface area contributed by atoms with E-state index < -0.39 is 18.0 Å². The Bertz CT molecular complexity index is 1180. The van der Waals surface area contributed by atoms with Crippen molar-refractivity contribution >= 4 is 11.9 Å². The molecule has 0 saturated carbocycles. The summed E-state index contributed by atoms with van der Waals surface area (Å²) < 4.78 is 5.84. The van der Waals surface area contributed by atoms with Gasteiger partial charge in [0.1, 0.15) is 6.10 Å². The molecule has 0 spiro atoms. The fourth-order valence-electron chi connectivity index (χ4n) is 4.05. The highest BCUT2D eigenvalue weighted by Crippen LogP contribution is 2.34. The third kappa shape index (κ3) is 5.51. The van der Waals surface area contributed by atoms with Gasteiger partial charge in [0.2, 0.25) is 0 Å². The molecular formula is C28H32N2O4. The van der Waals surface area contributed by atoms with E-state index in [-0.39, 0.29) is 12.1 Å². The molecule has 1 unspecified atom stereocenters. The van der Waals surface area contributed by atoms with Crippen LogP contribution in [0.4, 0.5) is 0 Å². The van der Waals surface area contributed by atoms with Crippen LogP contribution in [-0.2, 0) is 17.7 Å². The SMILES string of the molecule is Cc1ccc(-c2c(CN)c(CC(C)C)nc(C)c2C(=O)OC(C)c2ccc(C(=O)O)cc2)cc1. The molecule has 0 fully saturated rings. The minimum Gasteiger partial charge on any atom is -0.478 e. The molecule has 1 heterocycles. The molecule has 0 radical (unpaired) electrons. The number of hydrogen-bond donors (Lipinski definition) is 2. The number of nitrogens with zero attached hydrogens (tertiary/aromatic N) is 1. The van der Waals surface area contributed by atoms with Gasteiger partial charge in [-0.3, -0.25) is 4.98 Å². The summed E-state index contributed by atoms with van der Waals surface area (Å²) in [7, 11) is 0. The van der Waals surface area contributed by atoms with E-state index in [0.29, 0.717) is 22.7 Å². The number of aromatic nitrogens is 1. The normalized spacial score (nSPS) is 12.0. The zero-order valence-electron chi connectivity index (χ0n) is 20.4. The molecular weight excluding hydrogens is 428 g/mol. The molecule has 3 N–H and O–H groups in total. The first-order valence-corrected chi connectivity index (χ1v) is 11.5. The Morgan fingerprint density at radius 3 is 2.15 bits per heavy atom. The lowest BCUT2D eigenvalue weighted by Gasteiger charge is -2.22. The highest BCUT2D eigenvalue weighted by atomic mass is 16.5. The molecule has 3 aromatic rings. The molecule has 0 aliphatic rings. The maximum absolute atomic E-state index is 13.5. The zero-order valence-corrected chi connectivity index (χ0v) is 20.4. The van der Waals surface area contributed by atoms with Gasteiger partial charge in [0.25, 0.3) is 0 Å². The van der Waals surface area contributed by atoms with Crippen molar-refractivity contribution in [3.8, 4) is 11.1 Å². The average Bonchev–Trinajstić information content (AvgIpc) is 2.78. The molecule has 0 bridgehead atoms. The lowest BCUT2D eigenvalue weighted by Crippen LogP contribution is -2.18. The smallest absolute Gasteiger partial charge is 0.341 e. The van der Waals surface area contributed by atoms with Crippen LogP contribution >= 0.6 is 0 Å². The number of carboxylic acids is 1. The molecule has 34 heavy (non-hydrogen) atoms. The van der Waals surface area contributed by atoms with Gasteiger partial charge in [-0.2, -0.15) is 0 Å². The standard InChI is InChI=1S/C28H32N2O4/c1-16(2)14-24-23(15-29)26(21-8-6-17(3)7-9-21)25(18(4)30-24)28(33)34-19(5)20-10-12-22(13-11-20)27(31)32/h6-13,16,19H,14-15,29H2,1-5H3,(H,31,32). The van der Waals surface area contributed by atoms with E-state index in [1.807, 2.05) is 38.1 Å². The van der Waals surface area contributed by atoms with E-state index in [9.17, 15) is 9.59 Å². The third-order valence-electron chi connectivity index (χ3n) is 5.83. The van der Waals surface area contributed by atoms with Gasteiger partial charge in [0.15, 0.2) is 0 Å². The van der Waals surface area contributed by atoms with Gasteiger partial charge in [-0.25, -0.2) is 9.59 Å². The Morgan fingerprint density at radius 1 is 1.00 bits per heavy atom. The number of nitrogens with two attached hydrogens (primary N) is 1. The van der Waals surface area contributed by atoms with Crippen molar-refractivity contribution in [3.05, 3.63) is 87.7 Å². The molecule has 0 amide bonds. The Morgan fingerprint density at radius 2 is 1.62 bits per heavy atom. The Hall–Kier alpha value is -3.51. The first-order chi connectivity index (χ1) is 16.1. The van der Waals surface area contributed by atoms with Crippen LogP contribution in [0.5, 0.6) is 0 Å². The summed E-state index contributed by atoms with van der Waals surface area (Å²) >= 11 is 0. The molecule has 0 aliphatic heterocycles. The highest BCUT2D eigenvalue weighted by molar-refractivity contribution is 5.99. The first kappa shape index (κ1) is 25.1. The van der Waals surface area contributed by atoms with Crippen LogP contribution < -0.4 is 5.73 Å². The largest absolute Gasteiger partial charge is 0.478 e. The molecule has 1 aromatic heterocycles. The Kier molecular flexibility index (Phi) is 7.84. The zero-order chi connectivity index (χ0) is 25.0. The predicted molar refractivity (Wildman–Crippen MR) is 133 cm³/mol. The van der Waals surface area contributed by atoms with Crippen LogP contribution in [0.1, 0.15) is 75.7 Å². The van der Waals surface area contributed by atoms with Crippen molar-refractivity contribution in [1.29, 1.82) is 0 Å². The van der Waals surface area contributed by atoms with E-state index in [0.717, 1.165) is 34.4 Å². The van der Waals surface area contributed by atoms with Gasteiger partial charge in [0.05, 0.1) is 16.8 Å². The van der Waals surface area contributed by atoms with Crippen molar-refractivity contribution in [1.82, 2.24) is 4.98 Å². The summed E-state index contributed by atoms with van der Waals surface area (Å²) in [6.45, 7) is 10.1. The second-order valence-corrected chi connectivity index (χ2v) is 9.02. The molecule has 0 saturated heterocycles. The number of carbonyl (C=O) groups is 2. The maximum Gasteiger partial charge on any atom is 0.341 e. The summed E-state index contributed by atoms with van der Waals surface area (Å²) in [5.74, 6) is -1.10. The van der Waals surface area contributed by atoms with Crippen LogP contribution in [0.15, 0.2) is 48.5 Å². The van der Waals surface area contributed by atoms with Crippen molar-refractivity contribution < 1.29 is 19.4 Å². The highest BCUT2D eigenvalue weighted by Gasteiger charge is 2.26. The minimum absolute atomic E-state index is 0.178. The summed E-state index contributed by atoms with van der Waals surface area (Å²) in [5.41, 5.74) is 12.6. The predicted octanol–water partition coefficient (Wildman–Crippen LogP) is 5.64. The number of pyridine rings is 1. The van der Waals surface area contributed by atoms with E-state index >= 15 is 0 Å². The Balaban J connectivity index is 2.07. The third-order valence-corrected chi connectivity index (χ3v) is 5.83. The number of rotatable bonds is 8. The first-order valence-electron chi connectivity index (χ1n) is 11.5. The molecule has 178 valence electrons. The van der Waals surface area contributed by atoms with Gasteiger partial charge in [-0.1, -0.05) is 55.8 Å². The number of benzene rings is 2. The van der Waals surface area contributed by atoms with Crippen LogP contribution in [0.3, 0.4) is 0 Å². The van der Waals surface area contributed by atoms with Crippen molar-refractivity contribution in [3.63, 3.8) is 0 Å². The average molecular weight is 461 g/mol. The maximum atomic E-state index is 13.5. The van der Waals surface area contributed by atoms with E-state index in [4.69, 9.17) is 20.6 Å². The van der Waals surface area contributed by atoms with Gasteiger partial charge >= 0.3 is 11.9 Å². The topological polar surface area (TPSA) is 103 Å². The summed E-state index contributed by atoms with van der Waals surface area (Å²) in [5, 5.41) is 9.12. The molecule has 2 aromatic carbocycles. The minimum atomic E-state index is -1.00. The van der Waals surface area contributed by atoms with Gasteiger partial charge in [0, 0.05) is 17.8 Å². The number of ether oxygens (including phenoxy) is 1. The lowest BCUT2D eigenvalue weighted by molar-refractivity contribution is 0.0336. The second kappa shape index (κ2) is 10.6.